The highest BCUT2D eigenvalue weighted by Gasteiger charge is 2.32. The summed E-state index contributed by atoms with van der Waals surface area (Å²) in [7, 11) is 0. The van der Waals surface area contributed by atoms with Crippen LogP contribution in [0.1, 0.15) is 0 Å². The van der Waals surface area contributed by atoms with E-state index in [1.807, 2.05) is 0 Å². The van der Waals surface area contributed by atoms with E-state index >= 15 is 0 Å². The number of carboxylic acids is 2. The van der Waals surface area contributed by atoms with Gasteiger partial charge in [-0.2, -0.15) is 0 Å². The maximum atomic E-state index is 10.5. The zero-order chi connectivity index (χ0) is 9.02. The highest BCUT2D eigenvalue weighted by molar-refractivity contribution is 6.32. The van der Waals surface area contributed by atoms with Gasteiger partial charge in [-0.05, 0) is 0 Å². The van der Waals surface area contributed by atoms with Gasteiger partial charge in [0.2, 0.25) is 5.92 Å². The van der Waals surface area contributed by atoms with Crippen molar-refractivity contribution in [1.29, 1.82) is 0 Å². The van der Waals surface area contributed by atoms with Crippen molar-refractivity contribution in [2.45, 2.75) is 0 Å². The Balaban J connectivity index is 4.47. The van der Waals surface area contributed by atoms with Crippen LogP contribution in [0.25, 0.3) is 0 Å². The molecule has 11 heavy (non-hydrogen) atoms. The highest BCUT2D eigenvalue weighted by Crippen LogP contribution is 2.00. The molecule has 0 atom stereocenters. The van der Waals surface area contributed by atoms with Gasteiger partial charge in [0, 0.05) is 0 Å². The van der Waals surface area contributed by atoms with Gasteiger partial charge in [0.25, 0.3) is 0 Å². The second-order valence-electron chi connectivity index (χ2n) is 1.71. The van der Waals surface area contributed by atoms with E-state index in [-0.39, 0.29) is 0 Å². The molecule has 0 aliphatic carbocycles. The molecule has 0 bridgehead atoms. The van der Waals surface area contributed by atoms with Gasteiger partial charge >= 0.3 is 11.9 Å². The normalized spacial score (nSPS) is 9.64. The van der Waals surface area contributed by atoms with Crippen molar-refractivity contribution in [3.8, 4) is 0 Å². The van der Waals surface area contributed by atoms with Crippen molar-refractivity contribution >= 4 is 29.3 Å². The Morgan fingerprint density at radius 2 is 1.55 bits per heavy atom. The van der Waals surface area contributed by atoms with E-state index in [9.17, 15) is 14.4 Å². The number of halogens is 1. The van der Waals surface area contributed by atoms with E-state index in [0.717, 1.165) is 0 Å². The molecule has 0 aromatic carbocycles. The molecule has 0 amide bonds. The predicted octanol–water partition coefficient (Wildman–Crippen LogP) is -0.420. The number of hydrogen-bond donors (Lipinski definition) is 2. The Morgan fingerprint density at radius 1 is 1.18 bits per heavy atom. The van der Waals surface area contributed by atoms with Crippen molar-refractivity contribution in [3.05, 3.63) is 0 Å². The maximum Gasteiger partial charge on any atom is 0.325 e. The van der Waals surface area contributed by atoms with Crippen molar-refractivity contribution in [2.24, 2.45) is 5.92 Å². The summed E-state index contributed by atoms with van der Waals surface area (Å²) in [6, 6.07) is 0. The lowest BCUT2D eigenvalue weighted by Crippen LogP contribution is -2.32. The quantitative estimate of drug-likeness (QED) is 0.453. The summed E-state index contributed by atoms with van der Waals surface area (Å²) in [5.41, 5.74) is 0. The van der Waals surface area contributed by atoms with E-state index < -0.39 is 29.5 Å². The third-order valence-corrected chi connectivity index (χ3v) is 1.21. The van der Waals surface area contributed by atoms with Crippen molar-refractivity contribution in [2.75, 3.05) is 5.88 Å². The Hall–Kier alpha value is -1.10. The summed E-state index contributed by atoms with van der Waals surface area (Å²) in [5, 5.41) is 16.4. The van der Waals surface area contributed by atoms with Crippen LogP contribution in [0.4, 0.5) is 0 Å². The van der Waals surface area contributed by atoms with Crippen molar-refractivity contribution in [1.82, 2.24) is 0 Å². The minimum absolute atomic E-state index is 0.608. The highest BCUT2D eigenvalue weighted by atomic mass is 35.5. The molecule has 0 fully saturated rings. The van der Waals surface area contributed by atoms with Gasteiger partial charge in [0.05, 0.1) is 5.88 Å². The van der Waals surface area contributed by atoms with Crippen LogP contribution in [-0.4, -0.2) is 33.8 Å². The molecule has 0 radical (unpaired) electrons. The zero-order valence-corrected chi connectivity index (χ0v) is 6.04. The first-order chi connectivity index (χ1) is 5.00. The standard InChI is InChI=1S/C5H5ClO5/c6-1-2(7)3(4(8)9)5(10)11/h3H,1H2,(H,8,9)(H,10,11). The van der Waals surface area contributed by atoms with E-state index in [1.54, 1.807) is 0 Å². The van der Waals surface area contributed by atoms with Crippen LogP contribution < -0.4 is 0 Å². The molecule has 6 heteroatoms. The molecule has 0 saturated carbocycles. The minimum Gasteiger partial charge on any atom is -0.480 e. The SMILES string of the molecule is O=C(O)C(C(=O)O)C(=O)CCl. The summed E-state index contributed by atoms with van der Waals surface area (Å²) in [4.78, 5) is 30.7. The predicted molar refractivity (Wildman–Crippen MR) is 34.5 cm³/mol. The van der Waals surface area contributed by atoms with Gasteiger partial charge in [0.1, 0.15) is 0 Å². The lowest BCUT2D eigenvalue weighted by molar-refractivity contribution is -0.157. The number of Topliss-reactive ketones (excluding diaryl/α,β-unsaturated/α-hetero) is 1. The first-order valence-electron chi connectivity index (χ1n) is 2.55. The summed E-state index contributed by atoms with van der Waals surface area (Å²) >= 11 is 4.96. The molecule has 2 N–H and O–H groups in total. The fourth-order valence-corrected chi connectivity index (χ4v) is 0.613. The molecule has 62 valence electrons. The third-order valence-electron chi connectivity index (χ3n) is 0.948. The molecule has 5 nitrogen and oxygen atoms in total. The zero-order valence-electron chi connectivity index (χ0n) is 5.28. The Kier molecular flexibility index (Phi) is 3.53. The number of carbonyl (C=O) groups excluding carboxylic acids is 1. The number of carbonyl (C=O) groups is 3. The Bertz CT molecular complexity index is 185. The van der Waals surface area contributed by atoms with Gasteiger partial charge in [-0.25, -0.2) is 0 Å². The molecular weight excluding hydrogens is 176 g/mol. The van der Waals surface area contributed by atoms with Gasteiger partial charge < -0.3 is 10.2 Å². The smallest absolute Gasteiger partial charge is 0.325 e. The number of carboxylic acid groups (broad SMARTS) is 2. The molecular formula is C5H5ClO5. The second kappa shape index (κ2) is 3.92. The number of ketones is 1. The number of hydrogen-bond acceptors (Lipinski definition) is 3. The van der Waals surface area contributed by atoms with Crippen molar-refractivity contribution < 1.29 is 24.6 Å². The number of rotatable bonds is 4. The molecule has 0 aliphatic heterocycles. The minimum atomic E-state index is -2.03. The molecule has 0 spiro atoms. The lowest BCUT2D eigenvalue weighted by Gasteiger charge is -2.01. The van der Waals surface area contributed by atoms with Crippen LogP contribution >= 0.6 is 11.6 Å². The average Bonchev–Trinajstić information content (AvgIpc) is 1.85. The summed E-state index contributed by atoms with van der Waals surface area (Å²) in [6.45, 7) is 0. The maximum absolute atomic E-state index is 10.5. The van der Waals surface area contributed by atoms with Gasteiger partial charge in [-0.3, -0.25) is 14.4 Å². The first-order valence-corrected chi connectivity index (χ1v) is 3.08. The lowest BCUT2D eigenvalue weighted by atomic mass is 10.1. The van der Waals surface area contributed by atoms with Gasteiger partial charge in [-0.1, -0.05) is 0 Å². The fourth-order valence-electron chi connectivity index (χ4n) is 0.458. The molecule has 0 aliphatic rings. The molecule has 0 aromatic heterocycles. The first kappa shape index (κ1) is 9.90. The van der Waals surface area contributed by atoms with Gasteiger partial charge in [0.15, 0.2) is 5.78 Å². The fraction of sp³-hybridized carbons (Fsp3) is 0.400. The average molecular weight is 181 g/mol. The Morgan fingerprint density at radius 3 is 1.64 bits per heavy atom. The second-order valence-corrected chi connectivity index (χ2v) is 1.98. The van der Waals surface area contributed by atoms with E-state index in [1.165, 1.54) is 0 Å². The molecule has 0 heterocycles. The van der Waals surface area contributed by atoms with Crippen LogP contribution in [0, 0.1) is 5.92 Å². The van der Waals surface area contributed by atoms with Crippen LogP contribution in [0.3, 0.4) is 0 Å². The van der Waals surface area contributed by atoms with Gasteiger partial charge in [-0.15, -0.1) is 11.6 Å². The molecule has 0 saturated heterocycles. The molecule has 0 rings (SSSR count). The van der Waals surface area contributed by atoms with Crippen LogP contribution in [0.5, 0.6) is 0 Å². The summed E-state index contributed by atoms with van der Waals surface area (Å²) in [6.07, 6.45) is 0. The monoisotopic (exact) mass is 180 g/mol. The van der Waals surface area contributed by atoms with Crippen LogP contribution in [0.2, 0.25) is 0 Å². The number of alkyl halides is 1. The summed E-state index contributed by atoms with van der Waals surface area (Å²) in [5.74, 6) is -7.05. The Labute approximate surface area is 66.6 Å². The summed E-state index contributed by atoms with van der Waals surface area (Å²) < 4.78 is 0. The van der Waals surface area contributed by atoms with Crippen LogP contribution in [0.15, 0.2) is 0 Å². The molecule has 0 aromatic rings. The third kappa shape index (κ3) is 2.55. The topological polar surface area (TPSA) is 91.7 Å². The largest absolute Gasteiger partial charge is 0.480 e. The van der Waals surface area contributed by atoms with Crippen LogP contribution in [-0.2, 0) is 14.4 Å². The van der Waals surface area contributed by atoms with E-state index in [0.29, 0.717) is 0 Å². The van der Waals surface area contributed by atoms with Crippen molar-refractivity contribution in [3.63, 3.8) is 0 Å². The van der Waals surface area contributed by atoms with E-state index in [2.05, 4.69) is 0 Å². The van der Waals surface area contributed by atoms with E-state index in [4.69, 9.17) is 21.8 Å². The molecule has 0 unspecified atom stereocenters. The number of aliphatic carboxylic acids is 2.